The Kier molecular flexibility index (Phi) is 4.38. The number of amides is 1. The molecule has 2 N–H and O–H groups in total. The summed E-state index contributed by atoms with van der Waals surface area (Å²) in [6, 6.07) is 5.82. The molecular formula is C16H20FN5O. The van der Waals surface area contributed by atoms with Gasteiger partial charge in [0.2, 0.25) is 0 Å². The Labute approximate surface area is 134 Å². The summed E-state index contributed by atoms with van der Waals surface area (Å²) in [5.41, 5.74) is 6.95. The van der Waals surface area contributed by atoms with Crippen molar-refractivity contribution in [3.8, 4) is 5.69 Å². The van der Waals surface area contributed by atoms with Gasteiger partial charge in [0.15, 0.2) is 5.69 Å². The minimum atomic E-state index is -0.321. The molecule has 6 nitrogen and oxygen atoms in total. The fraction of sp³-hybridized carbons (Fsp3) is 0.438. The molecule has 2 heterocycles. The molecule has 1 aliphatic rings. The van der Waals surface area contributed by atoms with Crippen LogP contribution in [-0.2, 0) is 0 Å². The summed E-state index contributed by atoms with van der Waals surface area (Å²) in [4.78, 5) is 14.5. The van der Waals surface area contributed by atoms with Gasteiger partial charge in [0.25, 0.3) is 5.91 Å². The van der Waals surface area contributed by atoms with Crippen LogP contribution in [0.3, 0.4) is 0 Å². The van der Waals surface area contributed by atoms with E-state index in [0.717, 1.165) is 19.3 Å². The SMILES string of the molecule is C[C@H](N)[C@@H]1CCCCN1C(=O)c1cn(-c2ccc(F)cc2)nn1. The first-order chi connectivity index (χ1) is 11.1. The first-order valence-corrected chi connectivity index (χ1v) is 7.81. The van der Waals surface area contributed by atoms with Crippen molar-refractivity contribution in [1.29, 1.82) is 0 Å². The van der Waals surface area contributed by atoms with Crippen LogP contribution in [0.15, 0.2) is 30.5 Å². The minimum absolute atomic E-state index is 0.0345. The molecule has 0 saturated carbocycles. The molecule has 7 heteroatoms. The number of nitrogens with two attached hydrogens (primary N) is 1. The normalized spacial score (nSPS) is 19.6. The molecule has 0 unspecified atom stereocenters. The highest BCUT2D eigenvalue weighted by Crippen LogP contribution is 2.21. The summed E-state index contributed by atoms with van der Waals surface area (Å²) < 4.78 is 14.4. The number of carbonyl (C=O) groups is 1. The lowest BCUT2D eigenvalue weighted by Crippen LogP contribution is -2.51. The molecule has 0 radical (unpaired) electrons. The molecule has 0 aliphatic carbocycles. The Morgan fingerprint density at radius 1 is 1.35 bits per heavy atom. The third kappa shape index (κ3) is 3.24. The minimum Gasteiger partial charge on any atom is -0.333 e. The quantitative estimate of drug-likeness (QED) is 0.935. The Morgan fingerprint density at radius 3 is 2.78 bits per heavy atom. The molecule has 0 spiro atoms. The van der Waals surface area contributed by atoms with Crippen LogP contribution in [0.4, 0.5) is 4.39 Å². The van der Waals surface area contributed by atoms with Gasteiger partial charge in [-0.1, -0.05) is 5.21 Å². The van der Waals surface area contributed by atoms with Crippen LogP contribution in [0.1, 0.15) is 36.7 Å². The number of hydrogen-bond donors (Lipinski definition) is 1. The van der Waals surface area contributed by atoms with Crippen molar-refractivity contribution in [2.45, 2.75) is 38.3 Å². The summed E-state index contributed by atoms with van der Waals surface area (Å²) in [6.45, 7) is 2.61. The maximum absolute atomic E-state index is 13.0. The van der Waals surface area contributed by atoms with E-state index in [4.69, 9.17) is 5.73 Å². The molecule has 122 valence electrons. The van der Waals surface area contributed by atoms with E-state index >= 15 is 0 Å². The summed E-state index contributed by atoms with van der Waals surface area (Å²) in [5.74, 6) is -0.474. The first kappa shape index (κ1) is 15.6. The largest absolute Gasteiger partial charge is 0.333 e. The Morgan fingerprint density at radius 2 is 2.09 bits per heavy atom. The van der Waals surface area contributed by atoms with Crippen LogP contribution >= 0.6 is 0 Å². The maximum atomic E-state index is 13.0. The van der Waals surface area contributed by atoms with Crippen LogP contribution in [0.25, 0.3) is 5.69 Å². The first-order valence-electron chi connectivity index (χ1n) is 7.81. The fourth-order valence-electron chi connectivity index (χ4n) is 2.99. The van der Waals surface area contributed by atoms with Gasteiger partial charge in [-0.3, -0.25) is 4.79 Å². The van der Waals surface area contributed by atoms with Gasteiger partial charge in [-0.2, -0.15) is 0 Å². The number of nitrogens with zero attached hydrogens (tertiary/aromatic N) is 4. The maximum Gasteiger partial charge on any atom is 0.276 e. The number of carbonyl (C=O) groups excluding carboxylic acids is 1. The second-order valence-corrected chi connectivity index (χ2v) is 5.95. The highest BCUT2D eigenvalue weighted by molar-refractivity contribution is 5.92. The lowest BCUT2D eigenvalue weighted by Gasteiger charge is -2.37. The van der Waals surface area contributed by atoms with E-state index in [1.807, 2.05) is 6.92 Å². The molecule has 1 saturated heterocycles. The van der Waals surface area contributed by atoms with E-state index in [0.29, 0.717) is 12.2 Å². The van der Waals surface area contributed by atoms with Gasteiger partial charge in [0.05, 0.1) is 11.9 Å². The smallest absolute Gasteiger partial charge is 0.276 e. The van der Waals surface area contributed by atoms with Crippen LogP contribution in [0, 0.1) is 5.82 Å². The zero-order chi connectivity index (χ0) is 16.4. The van der Waals surface area contributed by atoms with Gasteiger partial charge >= 0.3 is 0 Å². The molecule has 3 rings (SSSR count). The van der Waals surface area contributed by atoms with Crippen LogP contribution < -0.4 is 5.73 Å². The van der Waals surface area contributed by atoms with E-state index in [-0.39, 0.29) is 29.5 Å². The molecule has 1 aliphatic heterocycles. The Hall–Kier alpha value is -2.28. The van der Waals surface area contributed by atoms with E-state index in [1.54, 1.807) is 23.2 Å². The van der Waals surface area contributed by atoms with Crippen molar-refractivity contribution >= 4 is 5.91 Å². The van der Waals surface area contributed by atoms with Gasteiger partial charge in [-0.25, -0.2) is 9.07 Å². The predicted molar refractivity (Wildman–Crippen MR) is 83.6 cm³/mol. The van der Waals surface area contributed by atoms with E-state index in [2.05, 4.69) is 10.3 Å². The zero-order valence-electron chi connectivity index (χ0n) is 13.0. The number of aromatic nitrogens is 3. The van der Waals surface area contributed by atoms with Gasteiger partial charge in [0.1, 0.15) is 5.82 Å². The number of piperidine rings is 1. The van der Waals surface area contributed by atoms with Crippen LogP contribution in [0.2, 0.25) is 0 Å². The standard InChI is InChI=1S/C16H20FN5O/c1-11(18)15-4-2-3-9-21(15)16(23)14-10-22(20-19-14)13-7-5-12(17)6-8-13/h5-8,10-11,15H,2-4,9,18H2,1H3/t11-,15-/m0/s1. The number of halogens is 1. The molecule has 23 heavy (non-hydrogen) atoms. The molecule has 1 aromatic heterocycles. The van der Waals surface area contributed by atoms with Crippen molar-refractivity contribution in [2.75, 3.05) is 6.54 Å². The topological polar surface area (TPSA) is 77.0 Å². The number of benzene rings is 1. The Balaban J connectivity index is 1.81. The van der Waals surface area contributed by atoms with Crippen molar-refractivity contribution in [3.63, 3.8) is 0 Å². The van der Waals surface area contributed by atoms with Gasteiger partial charge in [-0.05, 0) is 50.5 Å². The lowest BCUT2D eigenvalue weighted by molar-refractivity contribution is 0.0577. The summed E-state index contributed by atoms with van der Waals surface area (Å²) in [6.07, 6.45) is 4.54. The summed E-state index contributed by atoms with van der Waals surface area (Å²) in [5, 5.41) is 7.94. The second-order valence-electron chi connectivity index (χ2n) is 5.95. The summed E-state index contributed by atoms with van der Waals surface area (Å²) in [7, 11) is 0. The van der Waals surface area contributed by atoms with Gasteiger partial charge < -0.3 is 10.6 Å². The third-order valence-corrected chi connectivity index (χ3v) is 4.22. The number of rotatable bonds is 3. The van der Waals surface area contributed by atoms with Crippen molar-refractivity contribution in [2.24, 2.45) is 5.73 Å². The van der Waals surface area contributed by atoms with Crippen molar-refractivity contribution < 1.29 is 9.18 Å². The number of likely N-dealkylation sites (tertiary alicyclic amines) is 1. The van der Waals surface area contributed by atoms with Crippen LogP contribution in [-0.4, -0.2) is 44.4 Å². The zero-order valence-corrected chi connectivity index (χ0v) is 13.0. The predicted octanol–water partition coefficient (Wildman–Crippen LogP) is 1.75. The van der Waals surface area contributed by atoms with Gasteiger partial charge in [-0.15, -0.1) is 5.10 Å². The van der Waals surface area contributed by atoms with E-state index < -0.39 is 0 Å². The average Bonchev–Trinajstić information content (AvgIpc) is 3.04. The fourth-order valence-corrected chi connectivity index (χ4v) is 2.99. The van der Waals surface area contributed by atoms with Gasteiger partial charge in [0, 0.05) is 18.6 Å². The molecule has 0 bridgehead atoms. The molecular weight excluding hydrogens is 297 g/mol. The average molecular weight is 317 g/mol. The monoisotopic (exact) mass is 317 g/mol. The lowest BCUT2D eigenvalue weighted by atomic mass is 9.96. The van der Waals surface area contributed by atoms with Crippen molar-refractivity contribution in [3.05, 3.63) is 42.0 Å². The highest BCUT2D eigenvalue weighted by atomic mass is 19.1. The van der Waals surface area contributed by atoms with E-state index in [1.165, 1.54) is 16.8 Å². The molecule has 2 aromatic rings. The molecule has 1 fully saturated rings. The van der Waals surface area contributed by atoms with E-state index in [9.17, 15) is 9.18 Å². The second kappa shape index (κ2) is 6.45. The van der Waals surface area contributed by atoms with Crippen LogP contribution in [0.5, 0.6) is 0 Å². The third-order valence-electron chi connectivity index (χ3n) is 4.22. The number of hydrogen-bond acceptors (Lipinski definition) is 4. The molecule has 2 atom stereocenters. The molecule has 1 amide bonds. The highest BCUT2D eigenvalue weighted by Gasteiger charge is 2.31. The molecule has 1 aromatic carbocycles. The Bertz CT molecular complexity index is 682. The summed E-state index contributed by atoms with van der Waals surface area (Å²) >= 11 is 0. The van der Waals surface area contributed by atoms with Crippen molar-refractivity contribution in [1.82, 2.24) is 19.9 Å².